The van der Waals surface area contributed by atoms with E-state index in [0.717, 1.165) is 42.6 Å². The lowest BCUT2D eigenvalue weighted by Crippen LogP contribution is -2.46. The van der Waals surface area contributed by atoms with Crippen LogP contribution in [0.1, 0.15) is 30.0 Å². The Hall–Kier alpha value is -1.58. The Bertz CT molecular complexity index is 1110. The number of benzene rings is 1. The maximum atomic E-state index is 15.2. The van der Waals surface area contributed by atoms with E-state index in [1.807, 2.05) is 19.1 Å². The number of likely N-dealkylation sites (tertiary alicyclic amines) is 1. The Morgan fingerprint density at radius 1 is 1.29 bits per heavy atom. The molecule has 0 bridgehead atoms. The van der Waals surface area contributed by atoms with Crippen molar-refractivity contribution in [2.75, 3.05) is 31.6 Å². The summed E-state index contributed by atoms with van der Waals surface area (Å²) >= 11 is 14.1. The molecule has 1 N–H and O–H groups in total. The molecule has 2 aliphatic heterocycles. The molecule has 164 valence electrons. The predicted octanol–water partition coefficient (Wildman–Crippen LogP) is 5.36. The summed E-state index contributed by atoms with van der Waals surface area (Å²) in [6, 6.07) is 4.05. The Labute approximate surface area is 193 Å². The maximum absolute atomic E-state index is 15.2. The van der Waals surface area contributed by atoms with E-state index in [1.165, 1.54) is 11.5 Å². The van der Waals surface area contributed by atoms with Crippen LogP contribution in [0.5, 0.6) is 0 Å². The molecule has 2 aromatic heterocycles. The molecule has 1 aromatic carbocycles. The highest BCUT2D eigenvalue weighted by Crippen LogP contribution is 2.38. The largest absolute Gasteiger partial charge is 0.380 e. The molecule has 31 heavy (non-hydrogen) atoms. The zero-order chi connectivity index (χ0) is 21.5. The van der Waals surface area contributed by atoms with Gasteiger partial charge in [0.15, 0.2) is 0 Å². The molecule has 6 nitrogen and oxygen atoms in total. The van der Waals surface area contributed by atoms with E-state index in [-0.39, 0.29) is 5.92 Å². The fourth-order valence-corrected chi connectivity index (χ4v) is 5.61. The van der Waals surface area contributed by atoms with E-state index in [1.54, 1.807) is 6.20 Å². The number of rotatable bonds is 4. The summed E-state index contributed by atoms with van der Waals surface area (Å²) in [4.78, 5) is 11.2. The third-order valence-corrected chi connectivity index (χ3v) is 7.86. The number of hydrogen-bond donors (Lipinski definition) is 1. The van der Waals surface area contributed by atoms with Crippen molar-refractivity contribution in [3.63, 3.8) is 0 Å². The number of piperidine rings is 1. The molecule has 0 saturated carbocycles. The molecule has 3 aromatic rings. The predicted molar refractivity (Wildman–Crippen MR) is 123 cm³/mol. The zero-order valence-corrected chi connectivity index (χ0v) is 19.3. The Kier molecular flexibility index (Phi) is 6.00. The third-order valence-electron chi connectivity index (χ3n) is 6.11. The number of halogens is 3. The number of fused-ring (bicyclic) bond motifs is 1. The summed E-state index contributed by atoms with van der Waals surface area (Å²) in [5.74, 6) is 0.166. The van der Waals surface area contributed by atoms with Crippen LogP contribution in [0.3, 0.4) is 0 Å². The first-order valence-corrected chi connectivity index (χ1v) is 11.8. The van der Waals surface area contributed by atoms with Crippen LogP contribution in [-0.4, -0.2) is 57.8 Å². The van der Waals surface area contributed by atoms with E-state index in [9.17, 15) is 0 Å². The maximum Gasteiger partial charge on any atom is 0.228 e. The van der Waals surface area contributed by atoms with Gasteiger partial charge in [-0.2, -0.15) is 4.37 Å². The van der Waals surface area contributed by atoms with Crippen molar-refractivity contribution in [2.45, 2.75) is 37.9 Å². The number of hydrogen-bond acceptors (Lipinski definition) is 7. The number of aryl methyl sites for hydroxylation is 1. The zero-order valence-electron chi connectivity index (χ0n) is 16.9. The Balaban J connectivity index is 1.39. The lowest BCUT2D eigenvalue weighted by molar-refractivity contribution is 0.0729. The topological polar surface area (TPSA) is 63.2 Å². The van der Waals surface area contributed by atoms with Gasteiger partial charge in [0, 0.05) is 41.7 Å². The van der Waals surface area contributed by atoms with Crippen molar-refractivity contribution in [1.82, 2.24) is 19.2 Å². The van der Waals surface area contributed by atoms with Crippen molar-refractivity contribution in [3.8, 4) is 0 Å². The molecule has 0 spiro atoms. The van der Waals surface area contributed by atoms with Gasteiger partial charge in [0.25, 0.3) is 0 Å². The molecule has 1 unspecified atom stereocenters. The van der Waals surface area contributed by atoms with Gasteiger partial charge >= 0.3 is 0 Å². The highest BCUT2D eigenvalue weighted by Gasteiger charge is 2.35. The normalized spacial score (nSPS) is 24.7. The van der Waals surface area contributed by atoms with Crippen LogP contribution in [0.25, 0.3) is 10.9 Å². The van der Waals surface area contributed by atoms with Crippen LogP contribution in [0.15, 0.2) is 18.3 Å². The molecule has 3 atom stereocenters. The monoisotopic (exact) mass is 481 g/mol. The molecule has 0 amide bonds. The minimum atomic E-state index is -0.984. The summed E-state index contributed by atoms with van der Waals surface area (Å²) < 4.78 is 24.9. The molecule has 5 rings (SSSR count). The fraction of sp³-hybridized carbons (Fsp3) is 0.476. The average molecular weight is 482 g/mol. The van der Waals surface area contributed by atoms with Crippen molar-refractivity contribution < 1.29 is 9.13 Å². The molecule has 0 radical (unpaired) electrons. The molecule has 2 aliphatic rings. The minimum Gasteiger partial charge on any atom is -0.380 e. The molecule has 2 fully saturated rings. The minimum absolute atomic E-state index is 0.250. The van der Waals surface area contributed by atoms with Crippen LogP contribution in [0.2, 0.25) is 10.0 Å². The fourth-order valence-electron chi connectivity index (χ4n) is 4.37. The number of nitrogens with zero attached hydrogens (tertiary/aromatic N) is 4. The number of anilines is 2. The second-order valence-corrected chi connectivity index (χ2v) is 9.64. The van der Waals surface area contributed by atoms with Gasteiger partial charge in [-0.05, 0) is 55.5 Å². The Morgan fingerprint density at radius 3 is 2.87 bits per heavy atom. The lowest BCUT2D eigenvalue weighted by Gasteiger charge is -2.38. The van der Waals surface area contributed by atoms with E-state index >= 15 is 4.39 Å². The molecule has 2 saturated heterocycles. The quantitative estimate of drug-likeness (QED) is 0.540. The number of ether oxygens (including phenoxy) is 1. The van der Waals surface area contributed by atoms with Gasteiger partial charge in [-0.1, -0.05) is 23.2 Å². The van der Waals surface area contributed by atoms with Gasteiger partial charge in [0.05, 0.1) is 22.8 Å². The number of aromatic nitrogens is 3. The first-order valence-electron chi connectivity index (χ1n) is 10.3. The lowest BCUT2D eigenvalue weighted by atomic mass is 9.86. The van der Waals surface area contributed by atoms with Crippen LogP contribution < -0.4 is 5.32 Å². The van der Waals surface area contributed by atoms with Crippen molar-refractivity contribution in [2.24, 2.45) is 0 Å². The van der Waals surface area contributed by atoms with Gasteiger partial charge in [0.1, 0.15) is 11.2 Å². The van der Waals surface area contributed by atoms with Crippen LogP contribution >= 0.6 is 34.7 Å². The van der Waals surface area contributed by atoms with Gasteiger partial charge in [0.2, 0.25) is 5.95 Å². The average Bonchev–Trinajstić information content (AvgIpc) is 3.40. The number of nitrogens with one attached hydrogen (secondary N) is 1. The van der Waals surface area contributed by atoms with Crippen molar-refractivity contribution >= 4 is 56.6 Å². The van der Waals surface area contributed by atoms with Gasteiger partial charge in [-0.15, -0.1) is 0 Å². The number of alkyl halides is 1. The van der Waals surface area contributed by atoms with Crippen molar-refractivity contribution in [1.29, 1.82) is 0 Å². The van der Waals surface area contributed by atoms with Gasteiger partial charge < -0.3 is 10.1 Å². The van der Waals surface area contributed by atoms with E-state index in [2.05, 4.69) is 24.6 Å². The van der Waals surface area contributed by atoms with Gasteiger partial charge in [-0.3, -0.25) is 4.90 Å². The summed E-state index contributed by atoms with van der Waals surface area (Å²) in [6.45, 7) is 4.56. The molecular formula is C21H22Cl2FN5OS. The summed E-state index contributed by atoms with van der Waals surface area (Å²) in [7, 11) is 0. The van der Waals surface area contributed by atoms with E-state index in [4.69, 9.17) is 27.9 Å². The first kappa shape index (κ1) is 21.3. The smallest absolute Gasteiger partial charge is 0.228 e. The summed E-state index contributed by atoms with van der Waals surface area (Å²) in [5.41, 5.74) is 2.28. The second-order valence-electron chi connectivity index (χ2n) is 8.09. The molecule has 4 heterocycles. The van der Waals surface area contributed by atoms with E-state index in [0.29, 0.717) is 45.7 Å². The third kappa shape index (κ3) is 4.24. The first-order chi connectivity index (χ1) is 15.0. The molecular weight excluding hydrogens is 460 g/mol. The van der Waals surface area contributed by atoms with Gasteiger partial charge in [-0.25, -0.2) is 14.4 Å². The van der Waals surface area contributed by atoms with E-state index < -0.39 is 6.17 Å². The summed E-state index contributed by atoms with van der Waals surface area (Å²) in [6.07, 6.45) is 2.42. The molecule has 0 aliphatic carbocycles. The Morgan fingerprint density at radius 2 is 2.16 bits per heavy atom. The second kappa shape index (κ2) is 8.75. The standard InChI is InChI=1S/C21H22Cl2FN5OS/c1-11-19(23)20(31-28-11)27-21-25-8-12-6-16(22)15(7-18(12)26-21)14-2-4-29(9-17(14)24)13-3-5-30-10-13/h6-8,13-14,17H,2-5,9-10H2,1H3,(H,25,26,27)/t13?,14-,17+/m0/s1. The van der Waals surface area contributed by atoms with Crippen LogP contribution in [-0.2, 0) is 4.74 Å². The van der Waals surface area contributed by atoms with Crippen LogP contribution in [0.4, 0.5) is 15.3 Å². The highest BCUT2D eigenvalue weighted by molar-refractivity contribution is 7.11. The summed E-state index contributed by atoms with van der Waals surface area (Å²) in [5, 5.41) is 5.74. The highest BCUT2D eigenvalue weighted by atomic mass is 35.5. The van der Waals surface area contributed by atoms with Crippen molar-refractivity contribution in [3.05, 3.63) is 39.6 Å². The SMILES string of the molecule is Cc1nsc(Nc2ncc3cc(Cl)c([C@@H]4CCN(C5CCOC5)C[C@H]4F)cc3n2)c1Cl. The van der Waals surface area contributed by atoms with Crippen LogP contribution in [0, 0.1) is 6.92 Å². The molecule has 10 heteroatoms.